The third-order valence-corrected chi connectivity index (χ3v) is 2.93. The summed E-state index contributed by atoms with van der Waals surface area (Å²) in [5.41, 5.74) is 0. The monoisotopic (exact) mass is 258 g/mol. The molecule has 0 aliphatic rings. The van der Waals surface area contributed by atoms with Gasteiger partial charge in [-0.25, -0.2) is 0 Å². The highest BCUT2D eigenvalue weighted by atomic mass is 16.5. The predicted octanol–water partition coefficient (Wildman–Crippen LogP) is 1.94. The summed E-state index contributed by atoms with van der Waals surface area (Å²) in [4.78, 5) is 11.8. The fourth-order valence-corrected chi connectivity index (χ4v) is 1.75. The second-order valence-electron chi connectivity index (χ2n) is 5.40. The van der Waals surface area contributed by atoms with Gasteiger partial charge in [0.25, 0.3) is 0 Å². The third kappa shape index (κ3) is 9.42. The van der Waals surface area contributed by atoms with Crippen LogP contribution in [-0.4, -0.2) is 38.3 Å². The summed E-state index contributed by atoms with van der Waals surface area (Å²) >= 11 is 0. The van der Waals surface area contributed by atoms with Crippen molar-refractivity contribution in [3.8, 4) is 0 Å². The zero-order valence-electron chi connectivity index (χ0n) is 12.6. The molecule has 0 rings (SSSR count). The fraction of sp³-hybridized carbons (Fsp3) is 0.929. The minimum absolute atomic E-state index is 0.0718. The maximum atomic E-state index is 11.8. The van der Waals surface area contributed by atoms with Gasteiger partial charge in [-0.15, -0.1) is 0 Å². The van der Waals surface area contributed by atoms with Gasteiger partial charge in [-0.05, 0) is 39.0 Å². The molecule has 0 fully saturated rings. The summed E-state index contributed by atoms with van der Waals surface area (Å²) in [7, 11) is 1.67. The van der Waals surface area contributed by atoms with Crippen LogP contribution >= 0.6 is 0 Å². The van der Waals surface area contributed by atoms with Crippen molar-refractivity contribution in [1.29, 1.82) is 0 Å². The van der Waals surface area contributed by atoms with Gasteiger partial charge in [0.15, 0.2) is 0 Å². The zero-order chi connectivity index (χ0) is 14.0. The molecule has 0 radical (unpaired) electrons. The van der Waals surface area contributed by atoms with Crippen LogP contribution in [0, 0.1) is 5.92 Å². The summed E-state index contributed by atoms with van der Waals surface area (Å²) in [6, 6.07) is 0.252. The standard InChI is InChI=1S/C14H30N2O2/c1-11(2)7-8-12(3)16-13(4)14(17)15-9-6-10-18-5/h11-13,16H,6-10H2,1-5H3,(H,15,17). The molecule has 0 heterocycles. The van der Waals surface area contributed by atoms with Crippen molar-refractivity contribution in [3.63, 3.8) is 0 Å². The molecule has 0 aromatic carbocycles. The average molecular weight is 258 g/mol. The Morgan fingerprint density at radius 3 is 2.39 bits per heavy atom. The van der Waals surface area contributed by atoms with Gasteiger partial charge >= 0.3 is 0 Å². The van der Waals surface area contributed by atoms with Crippen LogP contribution in [0.2, 0.25) is 0 Å². The van der Waals surface area contributed by atoms with E-state index in [4.69, 9.17) is 4.74 Å². The second kappa shape index (κ2) is 10.3. The molecule has 108 valence electrons. The molecule has 0 saturated heterocycles. The lowest BCUT2D eigenvalue weighted by atomic mass is 10.0. The SMILES string of the molecule is COCCCNC(=O)C(C)NC(C)CCC(C)C. The van der Waals surface area contributed by atoms with Crippen molar-refractivity contribution in [3.05, 3.63) is 0 Å². The average Bonchev–Trinajstić information content (AvgIpc) is 2.31. The highest BCUT2D eigenvalue weighted by Crippen LogP contribution is 2.06. The molecule has 0 aliphatic heterocycles. The predicted molar refractivity (Wildman–Crippen MR) is 75.6 cm³/mol. The van der Waals surface area contributed by atoms with Crippen molar-refractivity contribution in [2.45, 2.75) is 59.0 Å². The maximum absolute atomic E-state index is 11.8. The molecule has 0 aromatic heterocycles. The molecule has 0 bridgehead atoms. The number of hydrogen-bond acceptors (Lipinski definition) is 3. The first-order chi connectivity index (χ1) is 8.47. The minimum atomic E-state index is -0.130. The molecular weight excluding hydrogens is 228 g/mol. The summed E-state index contributed by atoms with van der Waals surface area (Å²) in [5, 5.41) is 6.24. The van der Waals surface area contributed by atoms with E-state index in [0.717, 1.165) is 12.8 Å². The van der Waals surface area contributed by atoms with E-state index >= 15 is 0 Å². The number of carbonyl (C=O) groups excluding carboxylic acids is 1. The van der Waals surface area contributed by atoms with Gasteiger partial charge in [0.2, 0.25) is 5.91 Å². The highest BCUT2D eigenvalue weighted by Gasteiger charge is 2.14. The van der Waals surface area contributed by atoms with Crippen LogP contribution in [0.4, 0.5) is 0 Å². The van der Waals surface area contributed by atoms with Gasteiger partial charge in [-0.1, -0.05) is 13.8 Å². The van der Waals surface area contributed by atoms with Gasteiger partial charge in [-0.2, -0.15) is 0 Å². The summed E-state index contributed by atoms with van der Waals surface area (Å²) in [6.45, 7) is 9.86. The van der Waals surface area contributed by atoms with E-state index in [1.54, 1.807) is 7.11 Å². The van der Waals surface area contributed by atoms with Crippen molar-refractivity contribution in [1.82, 2.24) is 10.6 Å². The lowest BCUT2D eigenvalue weighted by molar-refractivity contribution is -0.122. The smallest absolute Gasteiger partial charge is 0.236 e. The molecule has 2 unspecified atom stereocenters. The van der Waals surface area contributed by atoms with Crippen molar-refractivity contribution in [2.24, 2.45) is 5.92 Å². The Bertz CT molecular complexity index is 220. The molecule has 18 heavy (non-hydrogen) atoms. The van der Waals surface area contributed by atoms with Gasteiger partial charge in [0, 0.05) is 26.3 Å². The van der Waals surface area contributed by atoms with Crippen LogP contribution in [0.25, 0.3) is 0 Å². The van der Waals surface area contributed by atoms with Crippen molar-refractivity contribution < 1.29 is 9.53 Å². The Morgan fingerprint density at radius 2 is 1.83 bits per heavy atom. The number of rotatable bonds is 10. The van der Waals surface area contributed by atoms with Crippen LogP contribution in [0.1, 0.15) is 47.0 Å². The number of carbonyl (C=O) groups is 1. The number of methoxy groups -OCH3 is 1. The van der Waals surface area contributed by atoms with Gasteiger partial charge in [0.1, 0.15) is 0 Å². The minimum Gasteiger partial charge on any atom is -0.385 e. The van der Waals surface area contributed by atoms with Gasteiger partial charge in [0.05, 0.1) is 6.04 Å². The van der Waals surface area contributed by atoms with E-state index in [2.05, 4.69) is 31.4 Å². The molecule has 1 amide bonds. The Hall–Kier alpha value is -0.610. The topological polar surface area (TPSA) is 50.4 Å². The number of hydrogen-bond donors (Lipinski definition) is 2. The molecule has 4 heteroatoms. The van der Waals surface area contributed by atoms with Crippen LogP contribution in [0.15, 0.2) is 0 Å². The van der Waals surface area contributed by atoms with Crippen LogP contribution < -0.4 is 10.6 Å². The molecular formula is C14H30N2O2. The molecule has 4 nitrogen and oxygen atoms in total. The quantitative estimate of drug-likeness (QED) is 0.589. The number of ether oxygens (including phenoxy) is 1. The van der Waals surface area contributed by atoms with Crippen LogP contribution in [0.5, 0.6) is 0 Å². The van der Waals surface area contributed by atoms with E-state index in [0.29, 0.717) is 25.1 Å². The number of nitrogens with one attached hydrogen (secondary N) is 2. The Kier molecular flexibility index (Phi) is 9.98. The maximum Gasteiger partial charge on any atom is 0.236 e. The van der Waals surface area contributed by atoms with E-state index in [1.807, 2.05) is 6.92 Å². The van der Waals surface area contributed by atoms with Crippen LogP contribution in [0.3, 0.4) is 0 Å². The molecule has 0 saturated carbocycles. The van der Waals surface area contributed by atoms with Gasteiger partial charge < -0.3 is 15.4 Å². The molecule has 0 aromatic rings. The van der Waals surface area contributed by atoms with Crippen molar-refractivity contribution >= 4 is 5.91 Å². The molecule has 0 spiro atoms. The lowest BCUT2D eigenvalue weighted by Crippen LogP contribution is -2.46. The normalized spacial score (nSPS) is 14.6. The first-order valence-electron chi connectivity index (χ1n) is 7.00. The first-order valence-corrected chi connectivity index (χ1v) is 7.00. The third-order valence-electron chi connectivity index (χ3n) is 2.93. The molecule has 0 aliphatic carbocycles. The fourth-order valence-electron chi connectivity index (χ4n) is 1.75. The van der Waals surface area contributed by atoms with Crippen LogP contribution in [-0.2, 0) is 9.53 Å². The Morgan fingerprint density at radius 1 is 1.17 bits per heavy atom. The van der Waals surface area contributed by atoms with E-state index < -0.39 is 0 Å². The highest BCUT2D eigenvalue weighted by molar-refractivity contribution is 5.81. The Balaban J connectivity index is 3.71. The largest absolute Gasteiger partial charge is 0.385 e. The van der Waals surface area contributed by atoms with E-state index in [1.165, 1.54) is 6.42 Å². The van der Waals surface area contributed by atoms with E-state index in [-0.39, 0.29) is 11.9 Å². The summed E-state index contributed by atoms with van der Waals surface area (Å²) in [5.74, 6) is 0.787. The Labute approximate surface area is 112 Å². The summed E-state index contributed by atoms with van der Waals surface area (Å²) < 4.78 is 4.94. The first kappa shape index (κ1) is 17.4. The van der Waals surface area contributed by atoms with Gasteiger partial charge in [-0.3, -0.25) is 4.79 Å². The second-order valence-corrected chi connectivity index (χ2v) is 5.40. The number of amides is 1. The van der Waals surface area contributed by atoms with E-state index in [9.17, 15) is 4.79 Å². The summed E-state index contributed by atoms with van der Waals surface area (Å²) in [6.07, 6.45) is 3.16. The molecule has 2 atom stereocenters. The van der Waals surface area contributed by atoms with Crippen molar-refractivity contribution in [2.75, 3.05) is 20.3 Å². The zero-order valence-corrected chi connectivity index (χ0v) is 12.6. The molecule has 2 N–H and O–H groups in total. The lowest BCUT2D eigenvalue weighted by Gasteiger charge is -2.20.